The van der Waals surface area contributed by atoms with E-state index in [0.29, 0.717) is 4.91 Å². The quantitative estimate of drug-likeness (QED) is 0.591. The first-order valence-electron chi connectivity index (χ1n) is 7.08. The minimum absolute atomic E-state index is 0.122. The van der Waals surface area contributed by atoms with Crippen LogP contribution in [0.2, 0.25) is 0 Å². The van der Waals surface area contributed by atoms with Crippen LogP contribution >= 0.6 is 24.0 Å². The molecule has 8 heteroatoms. The van der Waals surface area contributed by atoms with E-state index in [1.54, 1.807) is 6.08 Å². The van der Waals surface area contributed by atoms with Gasteiger partial charge in [-0.2, -0.15) is 0 Å². The topological polar surface area (TPSA) is 94.9 Å². The van der Waals surface area contributed by atoms with Gasteiger partial charge >= 0.3 is 11.9 Å². The lowest BCUT2D eigenvalue weighted by atomic mass is 10.1. The van der Waals surface area contributed by atoms with Crippen LogP contribution in [0.1, 0.15) is 24.0 Å². The molecule has 0 aromatic heterocycles. The highest BCUT2D eigenvalue weighted by Gasteiger charge is 2.40. The Bertz CT molecular complexity index is 744. The summed E-state index contributed by atoms with van der Waals surface area (Å²) in [6.45, 7) is 1.93. The Labute approximate surface area is 148 Å². The van der Waals surface area contributed by atoms with Gasteiger partial charge < -0.3 is 10.2 Å². The second-order valence-electron chi connectivity index (χ2n) is 5.25. The van der Waals surface area contributed by atoms with Gasteiger partial charge in [-0.05, 0) is 25.0 Å². The van der Waals surface area contributed by atoms with Crippen molar-refractivity contribution in [3.8, 4) is 0 Å². The molecular weight excluding hydrogens is 350 g/mol. The van der Waals surface area contributed by atoms with Crippen molar-refractivity contribution in [1.29, 1.82) is 0 Å². The van der Waals surface area contributed by atoms with E-state index >= 15 is 0 Å². The highest BCUT2D eigenvalue weighted by atomic mass is 32.2. The number of rotatable bonds is 6. The van der Waals surface area contributed by atoms with Crippen molar-refractivity contribution in [3.63, 3.8) is 0 Å². The molecule has 2 N–H and O–H groups in total. The number of thiocarbonyl (C=S) groups is 1. The van der Waals surface area contributed by atoms with Crippen LogP contribution in [0.15, 0.2) is 29.2 Å². The number of thioether (sulfide) groups is 1. The lowest BCUT2D eigenvalue weighted by Gasteiger charge is -2.22. The third-order valence-electron chi connectivity index (χ3n) is 3.39. The monoisotopic (exact) mass is 365 g/mol. The second-order valence-corrected chi connectivity index (χ2v) is 6.93. The molecule has 1 aromatic carbocycles. The van der Waals surface area contributed by atoms with Crippen LogP contribution in [0.5, 0.6) is 0 Å². The molecule has 1 heterocycles. The highest BCUT2D eigenvalue weighted by Crippen LogP contribution is 2.35. The van der Waals surface area contributed by atoms with Crippen LogP contribution in [0.4, 0.5) is 0 Å². The lowest BCUT2D eigenvalue weighted by molar-refractivity contribution is -0.146. The molecule has 2 rings (SSSR count). The molecule has 0 aliphatic carbocycles. The zero-order valence-electron chi connectivity index (χ0n) is 12.8. The van der Waals surface area contributed by atoms with Crippen molar-refractivity contribution in [3.05, 3.63) is 40.3 Å². The number of hydrogen-bond donors (Lipinski definition) is 2. The van der Waals surface area contributed by atoms with Gasteiger partial charge in [-0.1, -0.05) is 53.8 Å². The SMILES string of the molecule is Cc1cccc(/C=C2\SC(=S)N(C(CCC(=O)O)C(=O)O)C2=O)c1. The zero-order chi connectivity index (χ0) is 17.9. The lowest BCUT2D eigenvalue weighted by Crippen LogP contribution is -2.44. The summed E-state index contributed by atoms with van der Waals surface area (Å²) in [6, 6.07) is 6.23. The van der Waals surface area contributed by atoms with Gasteiger partial charge in [-0.3, -0.25) is 14.5 Å². The van der Waals surface area contributed by atoms with Gasteiger partial charge in [0.15, 0.2) is 0 Å². The van der Waals surface area contributed by atoms with E-state index in [-0.39, 0.29) is 17.2 Å². The van der Waals surface area contributed by atoms with Crippen LogP contribution < -0.4 is 0 Å². The molecule has 1 aliphatic rings. The largest absolute Gasteiger partial charge is 0.481 e. The summed E-state index contributed by atoms with van der Waals surface area (Å²) in [5.74, 6) is -2.91. The van der Waals surface area contributed by atoms with Crippen LogP contribution in [0.25, 0.3) is 6.08 Å². The summed E-state index contributed by atoms with van der Waals surface area (Å²) in [6.07, 6.45) is 1.10. The van der Waals surface area contributed by atoms with Crippen LogP contribution in [-0.2, 0) is 14.4 Å². The molecule has 1 saturated heterocycles. The Morgan fingerprint density at radius 1 is 1.38 bits per heavy atom. The normalized spacial score (nSPS) is 17.4. The first-order chi connectivity index (χ1) is 11.3. The maximum absolute atomic E-state index is 12.5. The number of carboxylic acid groups (broad SMARTS) is 2. The number of nitrogens with zero attached hydrogens (tertiary/aromatic N) is 1. The Morgan fingerprint density at radius 2 is 2.08 bits per heavy atom. The summed E-state index contributed by atoms with van der Waals surface area (Å²) in [5.41, 5.74) is 1.84. The average molecular weight is 365 g/mol. The predicted octanol–water partition coefficient (Wildman–Crippen LogP) is 2.51. The van der Waals surface area contributed by atoms with Gasteiger partial charge in [-0.25, -0.2) is 4.79 Å². The van der Waals surface area contributed by atoms with Crippen LogP contribution in [-0.4, -0.2) is 43.3 Å². The molecule has 1 aromatic rings. The minimum Gasteiger partial charge on any atom is -0.481 e. The van der Waals surface area contributed by atoms with Gasteiger partial charge in [0.1, 0.15) is 10.4 Å². The Kier molecular flexibility index (Phi) is 5.74. The van der Waals surface area contributed by atoms with Crippen molar-refractivity contribution in [1.82, 2.24) is 4.90 Å². The molecule has 24 heavy (non-hydrogen) atoms. The third-order valence-corrected chi connectivity index (χ3v) is 4.72. The molecule has 0 spiro atoms. The van der Waals surface area contributed by atoms with Gasteiger partial charge in [0.2, 0.25) is 0 Å². The number of carboxylic acids is 2. The Morgan fingerprint density at radius 3 is 2.67 bits per heavy atom. The molecule has 1 atom stereocenters. The smallest absolute Gasteiger partial charge is 0.326 e. The van der Waals surface area contributed by atoms with Gasteiger partial charge in [0.25, 0.3) is 5.91 Å². The average Bonchev–Trinajstić information content (AvgIpc) is 2.74. The molecule has 6 nitrogen and oxygen atoms in total. The van der Waals surface area contributed by atoms with Gasteiger partial charge in [0, 0.05) is 6.42 Å². The number of aliphatic carboxylic acids is 2. The number of hydrogen-bond acceptors (Lipinski definition) is 5. The molecule has 1 fully saturated rings. The number of amides is 1. The fraction of sp³-hybridized carbons (Fsp3) is 0.250. The summed E-state index contributed by atoms with van der Waals surface area (Å²) in [4.78, 5) is 36.0. The molecule has 0 saturated carbocycles. The maximum Gasteiger partial charge on any atom is 0.326 e. The molecule has 0 bridgehead atoms. The van der Waals surface area contributed by atoms with E-state index < -0.39 is 23.9 Å². The number of carbonyl (C=O) groups is 3. The summed E-state index contributed by atoms with van der Waals surface area (Å²) in [5, 5.41) is 18.1. The molecule has 1 aliphatic heterocycles. The van der Waals surface area contributed by atoms with Gasteiger partial charge in [-0.15, -0.1) is 0 Å². The van der Waals surface area contributed by atoms with E-state index in [4.69, 9.17) is 17.3 Å². The fourth-order valence-corrected chi connectivity index (χ4v) is 3.64. The van der Waals surface area contributed by atoms with E-state index in [1.807, 2.05) is 31.2 Å². The molecule has 0 radical (unpaired) electrons. The Hall–Kier alpha value is -2.19. The van der Waals surface area contributed by atoms with E-state index in [2.05, 4.69) is 0 Å². The molecule has 1 unspecified atom stereocenters. The highest BCUT2D eigenvalue weighted by molar-refractivity contribution is 8.26. The van der Waals surface area contributed by atoms with Crippen molar-refractivity contribution >= 4 is 52.2 Å². The van der Waals surface area contributed by atoms with Crippen molar-refractivity contribution < 1.29 is 24.6 Å². The maximum atomic E-state index is 12.5. The van der Waals surface area contributed by atoms with E-state index in [0.717, 1.165) is 27.8 Å². The molecule has 1 amide bonds. The van der Waals surface area contributed by atoms with Crippen molar-refractivity contribution in [2.75, 3.05) is 0 Å². The zero-order valence-corrected chi connectivity index (χ0v) is 14.4. The van der Waals surface area contributed by atoms with E-state index in [1.165, 1.54) is 0 Å². The number of aryl methyl sites for hydroxylation is 1. The Balaban J connectivity index is 2.26. The first kappa shape index (κ1) is 18.2. The first-order valence-corrected chi connectivity index (χ1v) is 8.30. The number of benzene rings is 1. The second kappa shape index (κ2) is 7.59. The van der Waals surface area contributed by atoms with Crippen LogP contribution in [0, 0.1) is 6.92 Å². The van der Waals surface area contributed by atoms with E-state index in [9.17, 15) is 19.5 Å². The minimum atomic E-state index is -1.28. The van der Waals surface area contributed by atoms with Gasteiger partial charge in [0.05, 0.1) is 4.91 Å². The molecule has 126 valence electrons. The predicted molar refractivity (Wildman–Crippen MR) is 94.5 cm³/mol. The molecular formula is C16H15NO5S2. The summed E-state index contributed by atoms with van der Waals surface area (Å²) in [7, 11) is 0. The fourth-order valence-electron chi connectivity index (χ4n) is 2.28. The summed E-state index contributed by atoms with van der Waals surface area (Å²) >= 11 is 6.15. The summed E-state index contributed by atoms with van der Waals surface area (Å²) < 4.78 is 0.122. The third kappa shape index (κ3) is 4.21. The number of carbonyl (C=O) groups excluding carboxylic acids is 1. The van der Waals surface area contributed by atoms with Crippen LogP contribution in [0.3, 0.4) is 0 Å². The van der Waals surface area contributed by atoms with Crippen molar-refractivity contribution in [2.24, 2.45) is 0 Å². The van der Waals surface area contributed by atoms with Crippen molar-refractivity contribution in [2.45, 2.75) is 25.8 Å². The standard InChI is InChI=1S/C16H15NO5S2/c1-9-3-2-4-10(7-9)8-12-14(20)17(16(23)24-12)11(15(21)22)5-6-13(18)19/h2-4,7-8,11H,5-6H2,1H3,(H,18,19)(H,21,22)/b12-8-.